The molecule has 2 rings (SSSR count). The van der Waals surface area contributed by atoms with Crippen LogP contribution < -0.4 is 0 Å². The van der Waals surface area contributed by atoms with Crippen molar-refractivity contribution in [2.24, 2.45) is 29.1 Å². The molecular weight excluding hydrogens is 200 g/mol. The minimum atomic E-state index is -0.552. The van der Waals surface area contributed by atoms with E-state index in [9.17, 15) is 9.90 Å². The van der Waals surface area contributed by atoms with Crippen LogP contribution in [0.4, 0.5) is 0 Å². The van der Waals surface area contributed by atoms with Gasteiger partial charge in [0, 0.05) is 0 Å². The first kappa shape index (κ1) is 11.9. The summed E-state index contributed by atoms with van der Waals surface area (Å²) in [5, 5.41) is 9.27. The van der Waals surface area contributed by atoms with E-state index in [2.05, 4.69) is 20.8 Å². The normalized spacial score (nSPS) is 36.1. The third kappa shape index (κ3) is 2.41. The fraction of sp³-hybridized carbons (Fsp3) is 0.929. The van der Waals surface area contributed by atoms with E-state index in [-0.39, 0.29) is 5.92 Å². The third-order valence-corrected chi connectivity index (χ3v) is 4.67. The number of carboxylic acid groups (broad SMARTS) is 1. The van der Waals surface area contributed by atoms with Crippen LogP contribution in [0.2, 0.25) is 0 Å². The molecule has 2 fully saturated rings. The summed E-state index contributed by atoms with van der Waals surface area (Å²) in [7, 11) is 0. The van der Waals surface area contributed by atoms with Crippen LogP contribution in [0.15, 0.2) is 0 Å². The first-order valence-electron chi connectivity index (χ1n) is 6.62. The lowest BCUT2D eigenvalue weighted by Crippen LogP contribution is -2.36. The molecule has 0 aliphatic heterocycles. The van der Waals surface area contributed by atoms with Crippen molar-refractivity contribution in [2.45, 2.75) is 52.9 Å². The summed E-state index contributed by atoms with van der Waals surface area (Å²) < 4.78 is 0. The van der Waals surface area contributed by atoms with Crippen LogP contribution in [0, 0.1) is 29.1 Å². The van der Waals surface area contributed by atoms with Crippen LogP contribution in [0.3, 0.4) is 0 Å². The zero-order valence-corrected chi connectivity index (χ0v) is 10.7. The highest BCUT2D eigenvalue weighted by Crippen LogP contribution is 2.51. The standard InChI is InChI=1S/C14H24O2/c1-14(2,3)10-6-7-11(13(15)16)12(8-10)9-4-5-9/h9-12H,4-8H2,1-3H3,(H,15,16). The van der Waals surface area contributed by atoms with E-state index in [0.29, 0.717) is 17.3 Å². The Bertz CT molecular complexity index is 273. The predicted molar refractivity (Wildman–Crippen MR) is 64.1 cm³/mol. The average Bonchev–Trinajstić information content (AvgIpc) is 2.98. The highest BCUT2D eigenvalue weighted by molar-refractivity contribution is 5.70. The SMILES string of the molecule is CC(C)(C)C1CCC(C(=O)O)C(C2CC2)C1. The van der Waals surface area contributed by atoms with Gasteiger partial charge >= 0.3 is 5.97 Å². The predicted octanol–water partition coefficient (Wildman–Crippen LogP) is 3.56. The van der Waals surface area contributed by atoms with Crippen molar-refractivity contribution in [2.75, 3.05) is 0 Å². The monoisotopic (exact) mass is 224 g/mol. The van der Waals surface area contributed by atoms with Gasteiger partial charge in [-0.3, -0.25) is 4.79 Å². The van der Waals surface area contributed by atoms with Crippen molar-refractivity contribution in [3.05, 3.63) is 0 Å². The Kier molecular flexibility index (Phi) is 3.02. The summed E-state index contributed by atoms with van der Waals surface area (Å²) in [6, 6.07) is 0. The van der Waals surface area contributed by atoms with Crippen LogP contribution in [0.5, 0.6) is 0 Å². The fourth-order valence-corrected chi connectivity index (χ4v) is 3.34. The van der Waals surface area contributed by atoms with Crippen molar-refractivity contribution in [1.82, 2.24) is 0 Å². The summed E-state index contributed by atoms with van der Waals surface area (Å²) in [6.45, 7) is 6.88. The summed E-state index contributed by atoms with van der Waals surface area (Å²) in [4.78, 5) is 11.3. The van der Waals surface area contributed by atoms with Crippen molar-refractivity contribution in [1.29, 1.82) is 0 Å². The molecule has 1 N–H and O–H groups in total. The molecule has 0 aromatic heterocycles. The van der Waals surface area contributed by atoms with Gasteiger partial charge in [0.1, 0.15) is 0 Å². The lowest BCUT2D eigenvalue weighted by molar-refractivity contribution is -0.146. The Morgan fingerprint density at radius 3 is 2.19 bits per heavy atom. The highest BCUT2D eigenvalue weighted by Gasteiger charge is 2.45. The third-order valence-electron chi connectivity index (χ3n) is 4.67. The number of hydrogen-bond acceptors (Lipinski definition) is 1. The van der Waals surface area contributed by atoms with E-state index in [1.807, 2.05) is 0 Å². The molecule has 0 aromatic carbocycles. The van der Waals surface area contributed by atoms with Crippen molar-refractivity contribution in [3.63, 3.8) is 0 Å². The van der Waals surface area contributed by atoms with E-state index < -0.39 is 5.97 Å². The maximum atomic E-state index is 11.3. The van der Waals surface area contributed by atoms with Gasteiger partial charge in [-0.15, -0.1) is 0 Å². The lowest BCUT2D eigenvalue weighted by Gasteiger charge is -2.40. The topological polar surface area (TPSA) is 37.3 Å². The Morgan fingerprint density at radius 2 is 1.75 bits per heavy atom. The van der Waals surface area contributed by atoms with E-state index in [1.165, 1.54) is 12.8 Å². The lowest BCUT2D eigenvalue weighted by atomic mass is 9.64. The summed E-state index contributed by atoms with van der Waals surface area (Å²) >= 11 is 0. The minimum Gasteiger partial charge on any atom is -0.481 e. The number of hydrogen-bond donors (Lipinski definition) is 1. The molecule has 0 amide bonds. The van der Waals surface area contributed by atoms with Gasteiger partial charge in [-0.05, 0) is 55.3 Å². The Balaban J connectivity index is 2.06. The molecule has 16 heavy (non-hydrogen) atoms. The Morgan fingerprint density at radius 1 is 1.12 bits per heavy atom. The van der Waals surface area contributed by atoms with Crippen molar-refractivity contribution >= 4 is 5.97 Å². The Labute approximate surface area is 98.4 Å². The first-order chi connectivity index (χ1) is 7.39. The summed E-state index contributed by atoms with van der Waals surface area (Å²) in [6.07, 6.45) is 5.68. The largest absolute Gasteiger partial charge is 0.481 e. The summed E-state index contributed by atoms with van der Waals surface area (Å²) in [5.74, 6) is 1.31. The van der Waals surface area contributed by atoms with E-state index in [1.54, 1.807) is 0 Å². The van der Waals surface area contributed by atoms with Gasteiger partial charge in [0.2, 0.25) is 0 Å². The molecule has 2 heteroatoms. The minimum absolute atomic E-state index is 0.0499. The van der Waals surface area contributed by atoms with Crippen molar-refractivity contribution in [3.8, 4) is 0 Å². The zero-order chi connectivity index (χ0) is 11.9. The van der Waals surface area contributed by atoms with E-state index in [0.717, 1.165) is 25.2 Å². The van der Waals surface area contributed by atoms with Crippen LogP contribution in [0.25, 0.3) is 0 Å². The molecule has 0 heterocycles. The van der Waals surface area contributed by atoms with Crippen molar-refractivity contribution < 1.29 is 9.90 Å². The smallest absolute Gasteiger partial charge is 0.306 e. The molecular formula is C14H24O2. The highest BCUT2D eigenvalue weighted by atomic mass is 16.4. The van der Waals surface area contributed by atoms with Gasteiger partial charge in [-0.1, -0.05) is 20.8 Å². The molecule has 0 aromatic rings. The molecule has 3 unspecified atom stereocenters. The second-order valence-electron chi connectivity index (χ2n) is 6.82. The molecule has 0 bridgehead atoms. The van der Waals surface area contributed by atoms with Crippen LogP contribution in [0.1, 0.15) is 52.9 Å². The average molecular weight is 224 g/mol. The van der Waals surface area contributed by atoms with Crippen LogP contribution >= 0.6 is 0 Å². The molecule has 2 saturated carbocycles. The van der Waals surface area contributed by atoms with Gasteiger partial charge < -0.3 is 5.11 Å². The molecule has 0 saturated heterocycles. The maximum Gasteiger partial charge on any atom is 0.306 e. The molecule has 92 valence electrons. The van der Waals surface area contributed by atoms with Crippen LogP contribution in [-0.4, -0.2) is 11.1 Å². The Hall–Kier alpha value is -0.530. The number of carbonyl (C=O) groups is 1. The molecule has 0 spiro atoms. The molecule has 0 radical (unpaired) electrons. The van der Waals surface area contributed by atoms with Gasteiger partial charge in [0.15, 0.2) is 0 Å². The number of rotatable bonds is 2. The quantitative estimate of drug-likeness (QED) is 0.778. The summed E-state index contributed by atoms with van der Waals surface area (Å²) in [5.41, 5.74) is 0.344. The molecule has 2 nitrogen and oxygen atoms in total. The maximum absolute atomic E-state index is 11.3. The fourth-order valence-electron chi connectivity index (χ4n) is 3.34. The van der Waals surface area contributed by atoms with Gasteiger partial charge in [0.25, 0.3) is 0 Å². The second-order valence-corrected chi connectivity index (χ2v) is 6.82. The number of aliphatic carboxylic acids is 1. The molecule has 2 aliphatic rings. The molecule has 2 aliphatic carbocycles. The van der Waals surface area contributed by atoms with E-state index in [4.69, 9.17) is 0 Å². The van der Waals surface area contributed by atoms with Gasteiger partial charge in [-0.25, -0.2) is 0 Å². The first-order valence-corrected chi connectivity index (χ1v) is 6.62. The van der Waals surface area contributed by atoms with Gasteiger partial charge in [0.05, 0.1) is 5.92 Å². The zero-order valence-electron chi connectivity index (χ0n) is 10.7. The van der Waals surface area contributed by atoms with Gasteiger partial charge in [-0.2, -0.15) is 0 Å². The van der Waals surface area contributed by atoms with E-state index >= 15 is 0 Å². The second kappa shape index (κ2) is 4.05. The number of carboxylic acids is 1. The molecule has 3 atom stereocenters. The van der Waals surface area contributed by atoms with Crippen LogP contribution in [-0.2, 0) is 4.79 Å².